The molecule has 5 nitrogen and oxygen atoms in total. The van der Waals surface area contributed by atoms with Gasteiger partial charge in [-0.3, -0.25) is 0 Å². The third kappa shape index (κ3) is 1.28. The van der Waals surface area contributed by atoms with Crippen LogP contribution in [0, 0.1) is 5.92 Å². The van der Waals surface area contributed by atoms with Crippen LogP contribution in [0.3, 0.4) is 0 Å². The highest BCUT2D eigenvalue weighted by atomic mass is 16.3. The Bertz CT molecular complexity index is 199. The lowest BCUT2D eigenvalue weighted by molar-refractivity contribution is -0.0467. The zero-order valence-electron chi connectivity index (χ0n) is 7.17. The zero-order chi connectivity index (χ0) is 9.59. The number of hydrogen-bond donors (Lipinski definition) is 5. The van der Waals surface area contributed by atoms with Crippen molar-refractivity contribution in [2.45, 2.75) is 36.8 Å². The fourth-order valence-electron chi connectivity index (χ4n) is 2.47. The van der Waals surface area contributed by atoms with Crippen LogP contribution in [-0.4, -0.2) is 57.4 Å². The van der Waals surface area contributed by atoms with Crippen LogP contribution in [0.25, 0.3) is 0 Å². The van der Waals surface area contributed by atoms with Crippen LogP contribution in [0.5, 0.6) is 0 Å². The molecular formula is C8H15NO4. The number of fused-ring (bicyclic) bond motifs is 2. The summed E-state index contributed by atoms with van der Waals surface area (Å²) in [5.74, 6) is -0.137. The lowest BCUT2D eigenvalue weighted by atomic mass is 9.92. The van der Waals surface area contributed by atoms with Crippen molar-refractivity contribution in [2.75, 3.05) is 6.61 Å². The molecule has 0 radical (unpaired) electrons. The summed E-state index contributed by atoms with van der Waals surface area (Å²) in [4.78, 5) is 0. The van der Waals surface area contributed by atoms with Gasteiger partial charge in [-0.25, -0.2) is 0 Å². The lowest BCUT2D eigenvalue weighted by Gasteiger charge is -2.33. The Hall–Kier alpha value is -0.200. The second-order valence-electron chi connectivity index (χ2n) is 3.93. The number of piperidine rings is 1. The molecule has 0 spiro atoms. The van der Waals surface area contributed by atoms with Crippen molar-refractivity contribution in [3.63, 3.8) is 0 Å². The minimum atomic E-state index is -0.850. The Morgan fingerprint density at radius 1 is 1.31 bits per heavy atom. The summed E-state index contributed by atoms with van der Waals surface area (Å²) in [6, 6.07) is -0.417. The van der Waals surface area contributed by atoms with Crippen LogP contribution in [0.2, 0.25) is 0 Å². The molecule has 2 bridgehead atoms. The summed E-state index contributed by atoms with van der Waals surface area (Å²) in [6.45, 7) is -0.316. The van der Waals surface area contributed by atoms with Gasteiger partial charge in [-0.1, -0.05) is 0 Å². The molecule has 76 valence electrons. The van der Waals surface area contributed by atoms with Crippen molar-refractivity contribution in [2.24, 2.45) is 5.92 Å². The van der Waals surface area contributed by atoms with E-state index >= 15 is 0 Å². The van der Waals surface area contributed by atoms with E-state index in [4.69, 9.17) is 5.11 Å². The number of aliphatic hydroxyl groups excluding tert-OH is 4. The highest BCUT2D eigenvalue weighted by Crippen LogP contribution is 2.37. The molecule has 5 heteroatoms. The third-order valence-corrected chi connectivity index (χ3v) is 3.20. The van der Waals surface area contributed by atoms with Crippen molar-refractivity contribution in [3.05, 3.63) is 0 Å². The van der Waals surface area contributed by atoms with Gasteiger partial charge in [-0.05, 0) is 6.42 Å². The van der Waals surface area contributed by atoms with Gasteiger partial charge in [-0.15, -0.1) is 0 Å². The highest BCUT2D eigenvalue weighted by Gasteiger charge is 2.53. The summed E-state index contributed by atoms with van der Waals surface area (Å²) in [5.41, 5.74) is 0. The largest absolute Gasteiger partial charge is 0.394 e. The zero-order valence-corrected chi connectivity index (χ0v) is 7.17. The molecule has 1 aliphatic carbocycles. The monoisotopic (exact) mass is 189 g/mol. The molecule has 2 aliphatic rings. The van der Waals surface area contributed by atoms with Gasteiger partial charge in [0, 0.05) is 18.0 Å². The molecular weight excluding hydrogens is 174 g/mol. The minimum Gasteiger partial charge on any atom is -0.394 e. The van der Waals surface area contributed by atoms with Crippen LogP contribution >= 0.6 is 0 Å². The van der Waals surface area contributed by atoms with Gasteiger partial charge in [0.05, 0.1) is 24.9 Å². The number of aliphatic hydroxyl groups is 4. The number of hydrogen-bond acceptors (Lipinski definition) is 5. The standard InChI is InChI=1S/C8H15NO4/c10-2-5(11)6-3-1-4(9-6)8(13)7(3)12/h3-13H,1-2H2/t3-,4-,5-,6-,7-,8+/m1/s1. The van der Waals surface area contributed by atoms with E-state index in [1.54, 1.807) is 0 Å². The molecule has 6 atom stereocenters. The molecule has 0 aromatic heterocycles. The fourth-order valence-corrected chi connectivity index (χ4v) is 2.47. The third-order valence-electron chi connectivity index (χ3n) is 3.20. The molecule has 0 aromatic carbocycles. The Labute approximate surface area is 76.0 Å². The van der Waals surface area contributed by atoms with Gasteiger partial charge < -0.3 is 25.7 Å². The van der Waals surface area contributed by atoms with E-state index in [0.717, 1.165) is 0 Å². The molecule has 1 saturated carbocycles. The van der Waals surface area contributed by atoms with Gasteiger partial charge in [0.25, 0.3) is 0 Å². The number of rotatable bonds is 2. The summed E-state index contributed by atoms with van der Waals surface area (Å²) in [7, 11) is 0. The van der Waals surface area contributed by atoms with Gasteiger partial charge in [0.2, 0.25) is 0 Å². The summed E-state index contributed by atoms with van der Waals surface area (Å²) in [6.07, 6.45) is -1.67. The first-order valence-electron chi connectivity index (χ1n) is 4.56. The van der Waals surface area contributed by atoms with E-state index in [2.05, 4.69) is 5.32 Å². The van der Waals surface area contributed by atoms with E-state index in [1.165, 1.54) is 0 Å². The highest BCUT2D eigenvalue weighted by molar-refractivity contribution is 5.08. The Balaban J connectivity index is 2.06. The van der Waals surface area contributed by atoms with Crippen LogP contribution in [0.15, 0.2) is 0 Å². The van der Waals surface area contributed by atoms with E-state index in [-0.39, 0.29) is 24.6 Å². The summed E-state index contributed by atoms with van der Waals surface area (Å²) < 4.78 is 0. The topological polar surface area (TPSA) is 93.0 Å². The van der Waals surface area contributed by atoms with Gasteiger partial charge in [0.1, 0.15) is 0 Å². The van der Waals surface area contributed by atoms with Gasteiger partial charge in [-0.2, -0.15) is 0 Å². The maximum absolute atomic E-state index is 9.52. The first-order chi connectivity index (χ1) is 6.15. The maximum atomic E-state index is 9.52. The molecule has 2 rings (SSSR count). The van der Waals surface area contributed by atoms with Crippen LogP contribution in [0.4, 0.5) is 0 Å². The van der Waals surface area contributed by atoms with Crippen LogP contribution in [0.1, 0.15) is 6.42 Å². The Kier molecular flexibility index (Phi) is 2.29. The predicted molar refractivity (Wildman–Crippen MR) is 43.9 cm³/mol. The molecule has 5 N–H and O–H groups in total. The smallest absolute Gasteiger partial charge is 0.0955 e. The second-order valence-corrected chi connectivity index (χ2v) is 3.93. The van der Waals surface area contributed by atoms with Crippen LogP contribution < -0.4 is 5.32 Å². The van der Waals surface area contributed by atoms with Gasteiger partial charge >= 0.3 is 0 Å². The van der Waals surface area contributed by atoms with E-state index in [0.29, 0.717) is 6.42 Å². The van der Waals surface area contributed by atoms with Crippen LogP contribution in [-0.2, 0) is 0 Å². The van der Waals surface area contributed by atoms with E-state index < -0.39 is 18.3 Å². The first kappa shape index (κ1) is 9.36. The predicted octanol–water partition coefficient (Wildman–Crippen LogP) is -2.58. The molecule has 1 saturated heterocycles. The average Bonchev–Trinajstić information content (AvgIpc) is 2.67. The Morgan fingerprint density at radius 3 is 2.46 bits per heavy atom. The SMILES string of the molecule is OC[C@@H](O)[C@@H]1N[C@@H]2C[C@H]1[C@@H](O)[C@H]2O. The minimum absolute atomic E-state index is 0.133. The quantitative estimate of drug-likeness (QED) is 0.329. The molecule has 1 heterocycles. The van der Waals surface area contributed by atoms with Crippen molar-refractivity contribution >= 4 is 0 Å². The molecule has 0 unspecified atom stereocenters. The van der Waals surface area contributed by atoms with E-state index in [9.17, 15) is 15.3 Å². The van der Waals surface area contributed by atoms with Crippen molar-refractivity contribution in [1.82, 2.24) is 5.32 Å². The second kappa shape index (κ2) is 3.18. The molecule has 2 fully saturated rings. The molecule has 13 heavy (non-hydrogen) atoms. The summed E-state index contributed by atoms with van der Waals surface area (Å²) in [5, 5.41) is 40.0. The lowest BCUT2D eigenvalue weighted by Crippen LogP contribution is -2.56. The average molecular weight is 189 g/mol. The summed E-state index contributed by atoms with van der Waals surface area (Å²) >= 11 is 0. The van der Waals surface area contributed by atoms with Crippen molar-refractivity contribution in [1.29, 1.82) is 0 Å². The van der Waals surface area contributed by atoms with Crippen molar-refractivity contribution in [3.8, 4) is 0 Å². The Morgan fingerprint density at radius 2 is 2.00 bits per heavy atom. The molecule has 0 amide bonds. The first-order valence-corrected chi connectivity index (χ1v) is 4.56. The number of nitrogens with one attached hydrogen (secondary N) is 1. The maximum Gasteiger partial charge on any atom is 0.0955 e. The fraction of sp³-hybridized carbons (Fsp3) is 1.00. The van der Waals surface area contributed by atoms with E-state index in [1.807, 2.05) is 0 Å². The molecule has 1 aliphatic heterocycles. The van der Waals surface area contributed by atoms with Gasteiger partial charge in [0.15, 0.2) is 0 Å². The molecule has 0 aromatic rings. The van der Waals surface area contributed by atoms with Crippen molar-refractivity contribution < 1.29 is 20.4 Å². The normalized spacial score (nSPS) is 51.2.